The molecule has 6 rings (SSSR count). The van der Waals surface area contributed by atoms with Crippen molar-refractivity contribution in [2.24, 2.45) is 0 Å². The number of hydrogen-bond acceptors (Lipinski definition) is 5. The van der Waals surface area contributed by atoms with Crippen LogP contribution in [0.25, 0.3) is 22.6 Å². The highest BCUT2D eigenvalue weighted by Gasteiger charge is 2.43. The Balaban J connectivity index is 1.42. The van der Waals surface area contributed by atoms with Gasteiger partial charge in [-0.25, -0.2) is 4.98 Å². The van der Waals surface area contributed by atoms with Gasteiger partial charge in [-0.1, -0.05) is 92.2 Å². The van der Waals surface area contributed by atoms with Crippen molar-refractivity contribution >= 4 is 12.6 Å². The molecule has 0 saturated heterocycles. The van der Waals surface area contributed by atoms with Gasteiger partial charge in [-0.05, 0) is 41.8 Å². The second-order valence-corrected chi connectivity index (χ2v) is 11.2. The van der Waals surface area contributed by atoms with Crippen molar-refractivity contribution in [3.8, 4) is 34.1 Å². The second kappa shape index (κ2) is 12.6. The van der Waals surface area contributed by atoms with E-state index in [1.807, 2.05) is 54.6 Å². The summed E-state index contributed by atoms with van der Waals surface area (Å²) in [5.41, 5.74) is 6.13. The lowest BCUT2D eigenvalue weighted by Gasteiger charge is -2.25. The third-order valence-corrected chi connectivity index (χ3v) is 7.77. The van der Waals surface area contributed by atoms with Crippen molar-refractivity contribution in [2.45, 2.75) is 57.1 Å². The van der Waals surface area contributed by atoms with Crippen LogP contribution in [0, 0.1) is 0 Å². The van der Waals surface area contributed by atoms with Gasteiger partial charge in [0.2, 0.25) is 0 Å². The maximum absolute atomic E-state index is 13.8. The molecule has 0 atom stereocenters. The molecule has 8 heteroatoms. The summed E-state index contributed by atoms with van der Waals surface area (Å²) in [4.78, 5) is 8.45. The number of halogens is 2. The smallest absolute Gasteiger partial charge is 0.395 e. The van der Waals surface area contributed by atoms with Gasteiger partial charge in [-0.15, -0.1) is 21.4 Å². The molecule has 5 aromatic rings. The van der Waals surface area contributed by atoms with Crippen LogP contribution in [0.2, 0.25) is 0 Å². The first-order valence-corrected chi connectivity index (χ1v) is 14.9. The standard InChI is InChI=1S/C35H33F2N3O2S/c1-2-3-20-40-30(33(27-10-6-4-7-11-27)38-34(40)28-12-8-5-9-13-28)24-39(22-25-14-17-29(43)18-15-25)23-26-16-19-31-32(21-26)42-35(36,37)41-31/h4-19,21,43H,2-3,20,22-24H2,1H3. The van der Waals surface area contributed by atoms with E-state index in [-0.39, 0.29) is 11.5 Å². The number of thiol groups is 1. The van der Waals surface area contributed by atoms with Crippen molar-refractivity contribution in [3.63, 3.8) is 0 Å². The van der Waals surface area contributed by atoms with Gasteiger partial charge in [0, 0.05) is 42.2 Å². The molecule has 5 nitrogen and oxygen atoms in total. The van der Waals surface area contributed by atoms with Gasteiger partial charge in [0.05, 0.1) is 11.4 Å². The minimum atomic E-state index is -3.65. The Morgan fingerprint density at radius 2 is 1.40 bits per heavy atom. The maximum atomic E-state index is 13.8. The summed E-state index contributed by atoms with van der Waals surface area (Å²) in [6, 6.07) is 33.7. The summed E-state index contributed by atoms with van der Waals surface area (Å²) in [5, 5.41) is 0. The van der Waals surface area contributed by atoms with E-state index in [4.69, 9.17) is 9.72 Å². The van der Waals surface area contributed by atoms with Crippen LogP contribution in [0.3, 0.4) is 0 Å². The van der Waals surface area contributed by atoms with Crippen LogP contribution >= 0.6 is 12.6 Å². The molecule has 1 aliphatic rings. The van der Waals surface area contributed by atoms with E-state index in [1.54, 1.807) is 12.1 Å². The lowest BCUT2D eigenvalue weighted by Crippen LogP contribution is -2.26. The zero-order valence-electron chi connectivity index (χ0n) is 23.9. The molecule has 43 heavy (non-hydrogen) atoms. The number of rotatable bonds is 11. The Bertz CT molecular complexity index is 1680. The van der Waals surface area contributed by atoms with Crippen molar-refractivity contribution in [3.05, 3.63) is 120 Å². The molecular weight excluding hydrogens is 564 g/mol. The summed E-state index contributed by atoms with van der Waals surface area (Å²) >= 11 is 4.46. The molecule has 0 bridgehead atoms. The molecule has 0 N–H and O–H groups in total. The highest BCUT2D eigenvalue weighted by Crippen LogP contribution is 2.41. The number of ether oxygens (including phenoxy) is 2. The van der Waals surface area contributed by atoms with Crippen LogP contribution in [-0.2, 0) is 26.2 Å². The number of unbranched alkanes of at least 4 members (excludes halogenated alkanes) is 1. The average Bonchev–Trinajstić information content (AvgIpc) is 3.53. The van der Waals surface area contributed by atoms with E-state index in [1.165, 1.54) is 0 Å². The molecule has 0 radical (unpaired) electrons. The third-order valence-electron chi connectivity index (χ3n) is 7.47. The molecule has 0 fully saturated rings. The number of hydrogen-bond donors (Lipinski definition) is 1. The maximum Gasteiger partial charge on any atom is 0.586 e. The molecule has 0 amide bonds. The van der Waals surface area contributed by atoms with Crippen LogP contribution in [0.4, 0.5) is 8.78 Å². The number of nitrogens with zero attached hydrogens (tertiary/aromatic N) is 3. The van der Waals surface area contributed by atoms with Gasteiger partial charge < -0.3 is 14.0 Å². The summed E-state index contributed by atoms with van der Waals surface area (Å²) in [6.07, 6.45) is -1.59. The fraction of sp³-hybridized carbons (Fsp3) is 0.229. The first-order valence-electron chi connectivity index (χ1n) is 14.5. The van der Waals surface area contributed by atoms with Crippen molar-refractivity contribution in [1.82, 2.24) is 14.5 Å². The van der Waals surface area contributed by atoms with Gasteiger partial charge in [-0.3, -0.25) is 4.90 Å². The zero-order valence-corrected chi connectivity index (χ0v) is 24.8. The van der Waals surface area contributed by atoms with E-state index >= 15 is 0 Å². The fourth-order valence-electron chi connectivity index (χ4n) is 5.43. The Morgan fingerprint density at radius 1 is 0.767 bits per heavy atom. The van der Waals surface area contributed by atoms with Gasteiger partial charge in [0.1, 0.15) is 5.82 Å². The van der Waals surface area contributed by atoms with Gasteiger partial charge in [0.15, 0.2) is 11.5 Å². The SMILES string of the molecule is CCCCn1c(-c2ccccc2)nc(-c2ccccc2)c1CN(Cc1ccc(S)cc1)Cc1ccc2c(c1)OC(F)(F)O2. The predicted molar refractivity (Wildman–Crippen MR) is 167 cm³/mol. The van der Waals surface area contributed by atoms with E-state index in [0.29, 0.717) is 19.6 Å². The topological polar surface area (TPSA) is 39.5 Å². The lowest BCUT2D eigenvalue weighted by atomic mass is 10.1. The number of fused-ring (bicyclic) bond motifs is 1. The molecule has 0 aliphatic carbocycles. The van der Waals surface area contributed by atoms with Crippen LogP contribution in [0.15, 0.2) is 108 Å². The zero-order chi connectivity index (χ0) is 29.8. The largest absolute Gasteiger partial charge is 0.586 e. The molecule has 2 heterocycles. The number of alkyl halides is 2. The van der Waals surface area contributed by atoms with Crippen molar-refractivity contribution in [1.29, 1.82) is 0 Å². The van der Waals surface area contributed by atoms with Gasteiger partial charge in [0.25, 0.3) is 0 Å². The lowest BCUT2D eigenvalue weighted by molar-refractivity contribution is -0.286. The molecule has 1 aliphatic heterocycles. The van der Waals surface area contributed by atoms with Gasteiger partial charge >= 0.3 is 6.29 Å². The normalized spacial score (nSPS) is 13.5. The molecular formula is C35H33F2N3O2S. The molecule has 0 unspecified atom stereocenters. The Hall–Kier alpha value is -4.14. The number of benzene rings is 4. The molecule has 4 aromatic carbocycles. The Morgan fingerprint density at radius 3 is 2.09 bits per heavy atom. The quantitative estimate of drug-likeness (QED) is 0.155. The first kappa shape index (κ1) is 29.0. The van der Waals surface area contributed by atoms with E-state index in [2.05, 4.69) is 70.2 Å². The van der Waals surface area contributed by atoms with Crippen molar-refractivity contribution in [2.75, 3.05) is 0 Å². The van der Waals surface area contributed by atoms with Crippen molar-refractivity contribution < 1.29 is 18.3 Å². The number of imidazole rings is 1. The van der Waals surface area contributed by atoms with Crippen LogP contribution in [0.1, 0.15) is 36.6 Å². The van der Waals surface area contributed by atoms with E-state index < -0.39 is 6.29 Å². The van der Waals surface area contributed by atoms with Crippen LogP contribution < -0.4 is 9.47 Å². The van der Waals surface area contributed by atoms with Crippen LogP contribution in [0.5, 0.6) is 11.5 Å². The third kappa shape index (κ3) is 6.76. The number of aromatic nitrogens is 2. The second-order valence-electron chi connectivity index (χ2n) is 10.7. The van der Waals surface area contributed by atoms with E-state index in [0.717, 1.165) is 63.7 Å². The predicted octanol–water partition coefficient (Wildman–Crippen LogP) is 8.83. The average molecular weight is 598 g/mol. The highest BCUT2D eigenvalue weighted by atomic mass is 32.1. The van der Waals surface area contributed by atoms with Crippen LogP contribution in [-0.4, -0.2) is 20.7 Å². The van der Waals surface area contributed by atoms with Gasteiger partial charge in [-0.2, -0.15) is 0 Å². The molecule has 0 saturated carbocycles. The molecule has 220 valence electrons. The highest BCUT2D eigenvalue weighted by molar-refractivity contribution is 7.80. The van der Waals surface area contributed by atoms with E-state index in [9.17, 15) is 8.78 Å². The fourth-order valence-corrected chi connectivity index (χ4v) is 5.58. The minimum absolute atomic E-state index is 0.0428. The molecule has 1 aromatic heterocycles. The minimum Gasteiger partial charge on any atom is -0.395 e. The summed E-state index contributed by atoms with van der Waals surface area (Å²) in [5.74, 6) is 1.03. The Kier molecular flexibility index (Phi) is 8.49. The summed E-state index contributed by atoms with van der Waals surface area (Å²) in [6.45, 7) is 4.74. The summed E-state index contributed by atoms with van der Waals surface area (Å²) < 4.78 is 39.3. The monoisotopic (exact) mass is 597 g/mol. The Labute approximate surface area is 256 Å². The first-order chi connectivity index (χ1) is 20.9. The summed E-state index contributed by atoms with van der Waals surface area (Å²) in [7, 11) is 0. The molecule has 0 spiro atoms.